The third-order valence-corrected chi connectivity index (χ3v) is 7.07. The summed E-state index contributed by atoms with van der Waals surface area (Å²) in [5, 5.41) is 8.25. The van der Waals surface area contributed by atoms with Crippen LogP contribution in [0.4, 0.5) is 10.5 Å². The molecule has 0 aliphatic carbocycles. The van der Waals surface area contributed by atoms with Gasteiger partial charge in [-0.25, -0.2) is 9.78 Å². The molecule has 2 aromatic carbocycles. The van der Waals surface area contributed by atoms with Gasteiger partial charge in [0.25, 0.3) is 5.56 Å². The smallest absolute Gasteiger partial charge is 0.321 e. The molecule has 1 aliphatic rings. The van der Waals surface area contributed by atoms with Crippen LogP contribution in [-0.2, 0) is 6.54 Å². The number of hydrogen-bond donors (Lipinski definition) is 1. The van der Waals surface area contributed by atoms with Gasteiger partial charge < -0.3 is 10.2 Å². The second-order valence-electron chi connectivity index (χ2n) is 9.12. The fraction of sp³-hybridized carbons (Fsp3) is 0.308. The predicted octanol–water partition coefficient (Wildman–Crippen LogP) is 4.09. The van der Waals surface area contributed by atoms with Gasteiger partial charge >= 0.3 is 6.03 Å². The first-order chi connectivity index (χ1) is 16.8. The predicted molar refractivity (Wildman–Crippen MR) is 139 cm³/mol. The van der Waals surface area contributed by atoms with Crippen molar-refractivity contribution < 1.29 is 4.79 Å². The highest BCUT2D eigenvalue weighted by atomic mass is 32.1. The van der Waals surface area contributed by atoms with Gasteiger partial charge in [-0.15, -0.1) is 0 Å². The summed E-state index contributed by atoms with van der Waals surface area (Å²) in [6.07, 6.45) is 0. The van der Waals surface area contributed by atoms with Gasteiger partial charge in [0.05, 0.1) is 5.69 Å². The molecule has 4 aromatic rings. The molecule has 0 unspecified atom stereocenters. The summed E-state index contributed by atoms with van der Waals surface area (Å²) in [5.41, 5.74) is 5.77. The van der Waals surface area contributed by atoms with Gasteiger partial charge in [0, 0.05) is 50.0 Å². The minimum atomic E-state index is -0.175. The Kier molecular flexibility index (Phi) is 6.36. The van der Waals surface area contributed by atoms with Crippen molar-refractivity contribution in [3.05, 3.63) is 81.3 Å². The summed E-state index contributed by atoms with van der Waals surface area (Å²) in [5.74, 6) is 0. The minimum absolute atomic E-state index is 0.0827. The molecule has 0 bridgehead atoms. The summed E-state index contributed by atoms with van der Waals surface area (Å²) in [4.78, 5) is 34.8. The number of carbonyl (C=O) groups excluding carboxylic acids is 1. The van der Waals surface area contributed by atoms with Crippen molar-refractivity contribution in [2.24, 2.45) is 0 Å². The summed E-state index contributed by atoms with van der Waals surface area (Å²) >= 11 is 1.41. The van der Waals surface area contributed by atoms with Crippen molar-refractivity contribution in [1.82, 2.24) is 24.4 Å². The van der Waals surface area contributed by atoms with Crippen molar-refractivity contribution in [1.29, 1.82) is 0 Å². The largest absolute Gasteiger partial charge is 0.322 e. The van der Waals surface area contributed by atoms with Gasteiger partial charge in [-0.2, -0.15) is 9.61 Å². The standard InChI is InChI=1S/C26H28N6O2S/c1-17-4-6-20(7-5-17)24-29-32-23(33)15-22(28-26(32)35-24)16-30-8-10-31(11-9-30)25(34)27-21-13-18(2)12-19(3)14-21/h4-7,12-15H,8-11,16H2,1-3H3,(H,27,34). The first-order valence-corrected chi connectivity index (χ1v) is 12.5. The first kappa shape index (κ1) is 23.2. The van der Waals surface area contributed by atoms with E-state index in [1.165, 1.54) is 21.4 Å². The Morgan fingerprint density at radius 2 is 1.63 bits per heavy atom. The number of nitrogens with zero attached hydrogens (tertiary/aromatic N) is 5. The molecule has 0 spiro atoms. The van der Waals surface area contributed by atoms with Gasteiger partial charge in [0.15, 0.2) is 0 Å². The van der Waals surface area contributed by atoms with Crippen LogP contribution in [0.25, 0.3) is 15.5 Å². The van der Waals surface area contributed by atoms with E-state index >= 15 is 0 Å². The highest BCUT2D eigenvalue weighted by Gasteiger charge is 2.22. The van der Waals surface area contributed by atoms with Gasteiger partial charge in [0.1, 0.15) is 5.01 Å². The van der Waals surface area contributed by atoms with Crippen molar-refractivity contribution in [2.45, 2.75) is 27.3 Å². The first-order valence-electron chi connectivity index (χ1n) is 11.7. The van der Waals surface area contributed by atoms with E-state index in [0.29, 0.717) is 24.6 Å². The Labute approximate surface area is 207 Å². The van der Waals surface area contributed by atoms with E-state index in [0.717, 1.165) is 46.2 Å². The number of hydrogen-bond acceptors (Lipinski definition) is 6. The van der Waals surface area contributed by atoms with Gasteiger partial charge in [-0.1, -0.05) is 47.2 Å². The molecule has 2 amide bonds. The van der Waals surface area contributed by atoms with E-state index in [-0.39, 0.29) is 11.6 Å². The number of nitrogens with one attached hydrogen (secondary N) is 1. The Bertz CT molecular complexity index is 1410. The van der Waals surface area contributed by atoms with E-state index in [2.05, 4.69) is 21.4 Å². The number of amides is 2. The maximum atomic E-state index is 12.7. The zero-order chi connectivity index (χ0) is 24.5. The average molecular weight is 489 g/mol. The molecule has 8 nitrogen and oxygen atoms in total. The lowest BCUT2D eigenvalue weighted by Gasteiger charge is -2.34. The molecular formula is C26H28N6O2S. The van der Waals surface area contributed by atoms with Gasteiger partial charge in [-0.3, -0.25) is 9.69 Å². The number of fused-ring (bicyclic) bond motifs is 1. The Hall–Kier alpha value is -3.56. The molecule has 35 heavy (non-hydrogen) atoms. The minimum Gasteiger partial charge on any atom is -0.322 e. The van der Waals surface area contributed by atoms with Crippen molar-refractivity contribution >= 4 is 28.0 Å². The molecule has 3 heterocycles. The number of benzene rings is 2. The fourth-order valence-electron chi connectivity index (χ4n) is 4.34. The Morgan fingerprint density at radius 3 is 2.31 bits per heavy atom. The van der Waals surface area contributed by atoms with Crippen molar-refractivity contribution in [3.63, 3.8) is 0 Å². The maximum Gasteiger partial charge on any atom is 0.321 e. The Morgan fingerprint density at radius 1 is 0.943 bits per heavy atom. The van der Waals surface area contributed by atoms with Gasteiger partial charge in [0.2, 0.25) is 4.96 Å². The lowest BCUT2D eigenvalue weighted by molar-refractivity contribution is 0.142. The zero-order valence-corrected chi connectivity index (χ0v) is 20.9. The van der Waals surface area contributed by atoms with E-state index in [9.17, 15) is 9.59 Å². The summed E-state index contributed by atoms with van der Waals surface area (Å²) in [6, 6.07) is 15.6. The molecular weight excluding hydrogens is 460 g/mol. The zero-order valence-electron chi connectivity index (χ0n) is 20.1. The van der Waals surface area contributed by atoms with E-state index in [1.54, 1.807) is 6.07 Å². The lowest BCUT2D eigenvalue weighted by Crippen LogP contribution is -2.49. The van der Waals surface area contributed by atoms with Gasteiger partial charge in [-0.05, 0) is 44.0 Å². The molecule has 9 heteroatoms. The number of anilines is 1. The number of aromatic nitrogens is 3. The number of rotatable bonds is 4. The van der Waals surface area contributed by atoms with Crippen LogP contribution in [0, 0.1) is 20.8 Å². The fourth-order valence-corrected chi connectivity index (χ4v) is 5.27. The normalized spacial score (nSPS) is 14.4. The van der Waals surface area contributed by atoms with Crippen LogP contribution in [0.2, 0.25) is 0 Å². The van der Waals surface area contributed by atoms with Crippen LogP contribution in [0.1, 0.15) is 22.4 Å². The summed E-state index contributed by atoms with van der Waals surface area (Å²) in [6.45, 7) is 9.33. The van der Waals surface area contributed by atoms with Crippen LogP contribution in [0.3, 0.4) is 0 Å². The quantitative estimate of drug-likeness (QED) is 0.468. The number of piperazine rings is 1. The van der Waals surface area contributed by atoms with Crippen LogP contribution in [0.5, 0.6) is 0 Å². The van der Waals surface area contributed by atoms with E-state index in [4.69, 9.17) is 4.98 Å². The van der Waals surface area contributed by atoms with E-state index < -0.39 is 0 Å². The molecule has 2 aromatic heterocycles. The topological polar surface area (TPSA) is 82.8 Å². The lowest BCUT2D eigenvalue weighted by atomic mass is 10.1. The Balaban J connectivity index is 1.22. The van der Waals surface area contributed by atoms with E-state index in [1.807, 2.05) is 62.1 Å². The van der Waals surface area contributed by atoms with Crippen LogP contribution in [-0.4, -0.2) is 56.6 Å². The molecule has 1 N–H and O–H groups in total. The second-order valence-corrected chi connectivity index (χ2v) is 10.1. The molecule has 5 rings (SSSR count). The summed E-state index contributed by atoms with van der Waals surface area (Å²) in [7, 11) is 0. The highest BCUT2D eigenvalue weighted by Crippen LogP contribution is 2.24. The van der Waals surface area contributed by atoms with Crippen LogP contribution >= 0.6 is 11.3 Å². The van der Waals surface area contributed by atoms with Crippen LogP contribution in [0.15, 0.2) is 53.3 Å². The highest BCUT2D eigenvalue weighted by molar-refractivity contribution is 7.19. The molecule has 1 aliphatic heterocycles. The van der Waals surface area contributed by atoms with Crippen molar-refractivity contribution in [3.8, 4) is 10.6 Å². The number of carbonyl (C=O) groups is 1. The number of urea groups is 1. The second kappa shape index (κ2) is 9.59. The SMILES string of the molecule is Cc1ccc(-c2nn3c(=O)cc(CN4CCN(C(=O)Nc5cc(C)cc(C)c5)CC4)nc3s2)cc1. The molecule has 180 valence electrons. The van der Waals surface area contributed by atoms with Crippen molar-refractivity contribution in [2.75, 3.05) is 31.5 Å². The molecule has 1 fully saturated rings. The molecule has 0 saturated carbocycles. The maximum absolute atomic E-state index is 12.7. The molecule has 0 radical (unpaired) electrons. The third-order valence-electron chi connectivity index (χ3n) is 6.11. The average Bonchev–Trinajstić information content (AvgIpc) is 3.24. The third kappa shape index (κ3) is 5.26. The number of aryl methyl sites for hydroxylation is 3. The summed E-state index contributed by atoms with van der Waals surface area (Å²) < 4.78 is 1.37. The molecule has 1 saturated heterocycles. The van der Waals surface area contributed by atoms with Crippen LogP contribution < -0.4 is 10.9 Å². The molecule has 0 atom stereocenters. The monoisotopic (exact) mass is 488 g/mol.